The Morgan fingerprint density at radius 1 is 1.40 bits per heavy atom. The second-order valence-electron chi connectivity index (χ2n) is 2.74. The van der Waals surface area contributed by atoms with Crippen LogP contribution in [0.15, 0.2) is 0 Å². The van der Waals surface area contributed by atoms with Crippen molar-refractivity contribution in [3.8, 4) is 0 Å². The minimum atomic E-state index is -2.68. The van der Waals surface area contributed by atoms with Crippen LogP contribution in [0.1, 0.15) is 13.8 Å². The number of nitrogens with two attached hydrogens (primary N) is 1. The minimum absolute atomic E-state index is 0.318. The lowest BCUT2D eigenvalue weighted by Crippen LogP contribution is -2.37. The van der Waals surface area contributed by atoms with Crippen LogP contribution in [0, 0.1) is 5.92 Å². The van der Waals surface area contributed by atoms with Crippen molar-refractivity contribution in [1.82, 2.24) is 0 Å². The van der Waals surface area contributed by atoms with E-state index in [1.54, 1.807) is 0 Å². The van der Waals surface area contributed by atoms with Crippen molar-refractivity contribution in [2.75, 3.05) is 6.54 Å². The number of rotatable bonds is 3. The van der Waals surface area contributed by atoms with E-state index in [1.165, 1.54) is 0 Å². The highest BCUT2D eigenvalue weighted by Crippen LogP contribution is 2.25. The van der Waals surface area contributed by atoms with Crippen LogP contribution in [0.3, 0.4) is 0 Å². The molecule has 0 aliphatic rings. The molecule has 10 heavy (non-hydrogen) atoms. The molecule has 4 heteroatoms. The molecule has 0 rings (SSSR count). The van der Waals surface area contributed by atoms with E-state index in [0.717, 1.165) is 13.8 Å². The third-order valence-electron chi connectivity index (χ3n) is 1.44. The van der Waals surface area contributed by atoms with Gasteiger partial charge in [-0.3, -0.25) is 0 Å². The second kappa shape index (κ2) is 3.23. The van der Waals surface area contributed by atoms with E-state index in [2.05, 4.69) is 0 Å². The molecule has 2 N–H and O–H groups in total. The highest BCUT2D eigenvalue weighted by molar-refractivity contribution is 4.80. The molecule has 62 valence electrons. The van der Waals surface area contributed by atoms with Crippen molar-refractivity contribution in [1.29, 1.82) is 0 Å². The van der Waals surface area contributed by atoms with Gasteiger partial charge >= 0.3 is 0 Å². The zero-order valence-electron chi connectivity index (χ0n) is 6.07. The van der Waals surface area contributed by atoms with Crippen LogP contribution in [-0.4, -0.2) is 18.6 Å². The van der Waals surface area contributed by atoms with Gasteiger partial charge in [-0.1, -0.05) is 0 Å². The summed E-state index contributed by atoms with van der Waals surface area (Å²) in [4.78, 5) is 0. The predicted molar refractivity (Wildman–Crippen MR) is 33.7 cm³/mol. The molecule has 0 aliphatic carbocycles. The predicted octanol–water partition coefficient (Wildman–Crippen LogP) is 1.57. The van der Waals surface area contributed by atoms with Gasteiger partial charge in [0.1, 0.15) is 5.67 Å². The fourth-order valence-corrected chi connectivity index (χ4v) is 0.683. The molecular weight excluding hydrogens is 143 g/mol. The Kier molecular flexibility index (Phi) is 3.15. The van der Waals surface area contributed by atoms with Crippen molar-refractivity contribution in [3.63, 3.8) is 0 Å². The molecule has 0 aromatic rings. The van der Waals surface area contributed by atoms with E-state index in [0.29, 0.717) is 0 Å². The lowest BCUT2D eigenvalue weighted by molar-refractivity contribution is -0.00643. The summed E-state index contributed by atoms with van der Waals surface area (Å²) in [7, 11) is 0. The lowest BCUT2D eigenvalue weighted by atomic mass is 9.93. The van der Waals surface area contributed by atoms with Crippen LogP contribution in [0.2, 0.25) is 0 Å². The summed E-state index contributed by atoms with van der Waals surface area (Å²) in [5, 5.41) is 0. The third kappa shape index (κ3) is 2.56. The van der Waals surface area contributed by atoms with E-state index in [4.69, 9.17) is 5.73 Å². The Bertz CT molecular complexity index is 97.7. The minimum Gasteiger partial charge on any atom is -0.330 e. The summed E-state index contributed by atoms with van der Waals surface area (Å²) in [5.41, 5.74) is 3.05. The Labute approximate surface area is 58.4 Å². The van der Waals surface area contributed by atoms with E-state index in [9.17, 15) is 13.2 Å². The van der Waals surface area contributed by atoms with E-state index >= 15 is 0 Å². The molecule has 0 aliphatic heterocycles. The molecule has 0 amide bonds. The van der Waals surface area contributed by atoms with Crippen molar-refractivity contribution in [3.05, 3.63) is 0 Å². The maximum Gasteiger partial charge on any atom is 0.245 e. The van der Waals surface area contributed by atoms with Gasteiger partial charge in [0, 0.05) is 6.54 Å². The third-order valence-corrected chi connectivity index (χ3v) is 1.44. The van der Waals surface area contributed by atoms with Crippen LogP contribution < -0.4 is 5.73 Å². The van der Waals surface area contributed by atoms with Gasteiger partial charge in [0.05, 0.1) is 5.92 Å². The first-order valence-electron chi connectivity index (χ1n) is 3.06. The zero-order chi connectivity index (χ0) is 8.36. The molecule has 1 atom stereocenters. The maximum atomic E-state index is 12.7. The van der Waals surface area contributed by atoms with Crippen LogP contribution in [0.5, 0.6) is 0 Å². The van der Waals surface area contributed by atoms with E-state index < -0.39 is 18.0 Å². The van der Waals surface area contributed by atoms with Gasteiger partial charge < -0.3 is 5.73 Å². The lowest BCUT2D eigenvalue weighted by Gasteiger charge is -2.24. The van der Waals surface area contributed by atoms with Gasteiger partial charge in [0.25, 0.3) is 0 Å². The topological polar surface area (TPSA) is 26.0 Å². The SMILES string of the molecule is CC(C)(F)C(CN)C(F)F. The van der Waals surface area contributed by atoms with E-state index in [-0.39, 0.29) is 6.54 Å². The average molecular weight is 155 g/mol. The first kappa shape index (κ1) is 9.75. The largest absolute Gasteiger partial charge is 0.330 e. The Hall–Kier alpha value is -0.250. The molecule has 1 nitrogen and oxygen atoms in total. The van der Waals surface area contributed by atoms with Gasteiger partial charge in [-0.05, 0) is 13.8 Å². The summed E-state index contributed by atoms with van der Waals surface area (Å²) >= 11 is 0. The highest BCUT2D eigenvalue weighted by Gasteiger charge is 2.35. The zero-order valence-corrected chi connectivity index (χ0v) is 6.07. The molecule has 0 saturated carbocycles. The van der Waals surface area contributed by atoms with Crippen molar-refractivity contribution in [2.24, 2.45) is 11.7 Å². The van der Waals surface area contributed by atoms with E-state index in [1.807, 2.05) is 0 Å². The van der Waals surface area contributed by atoms with Gasteiger partial charge in [0.15, 0.2) is 0 Å². The van der Waals surface area contributed by atoms with Gasteiger partial charge in [-0.2, -0.15) is 0 Å². The molecular formula is C6H12F3N. The molecule has 0 radical (unpaired) electrons. The highest BCUT2D eigenvalue weighted by atomic mass is 19.3. The maximum absolute atomic E-state index is 12.7. The molecule has 0 heterocycles. The first-order chi connectivity index (χ1) is 4.39. The van der Waals surface area contributed by atoms with Gasteiger partial charge in [0.2, 0.25) is 6.43 Å². The Balaban J connectivity index is 4.07. The van der Waals surface area contributed by atoms with Crippen molar-refractivity contribution < 1.29 is 13.2 Å². The molecule has 0 aromatic heterocycles. The number of halogens is 3. The van der Waals surface area contributed by atoms with Gasteiger partial charge in [-0.25, -0.2) is 13.2 Å². The monoisotopic (exact) mass is 155 g/mol. The molecule has 1 unspecified atom stereocenters. The van der Waals surface area contributed by atoms with Gasteiger partial charge in [-0.15, -0.1) is 0 Å². The smallest absolute Gasteiger partial charge is 0.245 e. The van der Waals surface area contributed by atoms with Crippen LogP contribution >= 0.6 is 0 Å². The average Bonchev–Trinajstić information content (AvgIpc) is 1.60. The fraction of sp³-hybridized carbons (Fsp3) is 1.00. The summed E-state index contributed by atoms with van der Waals surface area (Å²) in [5.74, 6) is -1.35. The Morgan fingerprint density at radius 3 is 1.80 bits per heavy atom. The standard InChI is InChI=1S/C6H12F3N/c1-6(2,9)4(3-10)5(7)8/h4-5H,3,10H2,1-2H3. The molecule has 0 aromatic carbocycles. The molecule has 0 fully saturated rings. The summed E-state index contributed by atoms with van der Waals surface area (Å²) in [6.45, 7) is 1.90. The first-order valence-corrected chi connectivity index (χ1v) is 3.06. The number of hydrogen-bond donors (Lipinski definition) is 1. The number of hydrogen-bond acceptors (Lipinski definition) is 1. The molecule has 0 spiro atoms. The normalized spacial score (nSPS) is 15.9. The quantitative estimate of drug-likeness (QED) is 0.657. The Morgan fingerprint density at radius 2 is 1.80 bits per heavy atom. The van der Waals surface area contributed by atoms with Crippen LogP contribution in [-0.2, 0) is 0 Å². The summed E-state index contributed by atoms with van der Waals surface area (Å²) in [6, 6.07) is 0. The van der Waals surface area contributed by atoms with Crippen molar-refractivity contribution >= 4 is 0 Å². The van der Waals surface area contributed by atoms with Crippen molar-refractivity contribution in [2.45, 2.75) is 25.9 Å². The fourth-order valence-electron chi connectivity index (χ4n) is 0.683. The van der Waals surface area contributed by atoms with Crippen LogP contribution in [0.4, 0.5) is 13.2 Å². The molecule has 0 bridgehead atoms. The summed E-state index contributed by atoms with van der Waals surface area (Å²) in [6.07, 6.45) is -2.68. The second-order valence-corrected chi connectivity index (χ2v) is 2.74. The summed E-state index contributed by atoms with van der Waals surface area (Å²) < 4.78 is 36.5. The number of alkyl halides is 3. The molecule has 0 saturated heterocycles. The van der Waals surface area contributed by atoms with Crippen LogP contribution in [0.25, 0.3) is 0 Å².